The zero-order valence-electron chi connectivity index (χ0n) is 8.52. The Labute approximate surface area is 87.0 Å². The van der Waals surface area contributed by atoms with Crippen molar-refractivity contribution in [2.75, 3.05) is 0 Å². The Balaban J connectivity index is 2.39. The van der Waals surface area contributed by atoms with E-state index in [1.165, 1.54) is 0 Å². The number of hydrogen-bond donors (Lipinski definition) is 1. The van der Waals surface area contributed by atoms with Crippen LogP contribution in [0, 0.1) is 5.92 Å². The molecule has 0 amide bonds. The van der Waals surface area contributed by atoms with Gasteiger partial charge in [0.15, 0.2) is 0 Å². The smallest absolute Gasteiger partial charge is 0.327 e. The lowest BCUT2D eigenvalue weighted by Gasteiger charge is -2.27. The molecule has 0 aromatic rings. The Kier molecular flexibility index (Phi) is 4.13. The summed E-state index contributed by atoms with van der Waals surface area (Å²) in [7, 11) is 0. The highest BCUT2D eigenvalue weighted by molar-refractivity contribution is 5.81. The molecular formula is C10H16F3NO. The van der Waals surface area contributed by atoms with Crippen LogP contribution in [0.3, 0.4) is 0 Å². The molecule has 0 aromatic carbocycles. The third-order valence-electron chi connectivity index (χ3n) is 2.89. The van der Waals surface area contributed by atoms with Crippen molar-refractivity contribution in [2.45, 2.75) is 50.7 Å². The summed E-state index contributed by atoms with van der Waals surface area (Å²) >= 11 is 0. The second-order valence-electron chi connectivity index (χ2n) is 4.14. The fraction of sp³-hybridized carbons (Fsp3) is 0.900. The van der Waals surface area contributed by atoms with Crippen molar-refractivity contribution in [1.29, 1.82) is 0 Å². The molecule has 0 saturated heterocycles. The number of nitrogens with two attached hydrogens (primary N) is 1. The molecular weight excluding hydrogens is 207 g/mol. The topological polar surface area (TPSA) is 43.1 Å². The van der Waals surface area contributed by atoms with Crippen LogP contribution in [0.2, 0.25) is 0 Å². The number of hydrogen-bond acceptors (Lipinski definition) is 2. The van der Waals surface area contributed by atoms with Crippen molar-refractivity contribution in [3.63, 3.8) is 0 Å². The quantitative estimate of drug-likeness (QED) is 0.798. The Hall–Kier alpha value is -0.580. The molecule has 1 aliphatic rings. The fourth-order valence-corrected chi connectivity index (χ4v) is 2.01. The van der Waals surface area contributed by atoms with Gasteiger partial charge in [0.05, 0.1) is 6.42 Å². The minimum atomic E-state index is -4.24. The molecule has 2 atom stereocenters. The number of carbonyl (C=O) groups is 1. The Morgan fingerprint density at radius 1 is 1.27 bits per heavy atom. The molecule has 2 unspecified atom stereocenters. The normalized spacial score (nSPS) is 27.7. The predicted octanol–water partition coefficient (Wildman–Crippen LogP) is 2.42. The van der Waals surface area contributed by atoms with Gasteiger partial charge in [0.2, 0.25) is 0 Å². The molecule has 1 rings (SSSR count). The van der Waals surface area contributed by atoms with Crippen LogP contribution in [-0.4, -0.2) is 18.0 Å². The van der Waals surface area contributed by atoms with E-state index in [9.17, 15) is 18.0 Å². The summed E-state index contributed by atoms with van der Waals surface area (Å²) in [4.78, 5) is 11.5. The van der Waals surface area contributed by atoms with E-state index in [1.807, 2.05) is 0 Å². The molecule has 0 spiro atoms. The lowest BCUT2D eigenvalue weighted by Crippen LogP contribution is -2.38. The lowest BCUT2D eigenvalue weighted by atomic mass is 9.81. The Bertz CT molecular complexity index is 227. The largest absolute Gasteiger partial charge is 0.389 e. The van der Waals surface area contributed by atoms with Crippen molar-refractivity contribution in [3.05, 3.63) is 0 Å². The van der Waals surface area contributed by atoms with Gasteiger partial charge in [0.1, 0.15) is 5.78 Å². The van der Waals surface area contributed by atoms with E-state index in [4.69, 9.17) is 5.73 Å². The number of alkyl halides is 3. The minimum absolute atomic E-state index is 0.237. The van der Waals surface area contributed by atoms with Gasteiger partial charge < -0.3 is 5.73 Å². The number of halogens is 3. The summed E-state index contributed by atoms with van der Waals surface area (Å²) in [5.41, 5.74) is 5.72. The van der Waals surface area contributed by atoms with E-state index in [-0.39, 0.29) is 17.7 Å². The van der Waals surface area contributed by atoms with Gasteiger partial charge in [-0.3, -0.25) is 4.79 Å². The Morgan fingerprint density at radius 2 is 1.87 bits per heavy atom. The minimum Gasteiger partial charge on any atom is -0.327 e. The molecule has 1 fully saturated rings. The average molecular weight is 223 g/mol. The van der Waals surface area contributed by atoms with Crippen molar-refractivity contribution < 1.29 is 18.0 Å². The van der Waals surface area contributed by atoms with E-state index < -0.39 is 19.0 Å². The molecule has 15 heavy (non-hydrogen) atoms. The van der Waals surface area contributed by atoms with Crippen molar-refractivity contribution >= 4 is 5.78 Å². The first-order valence-electron chi connectivity index (χ1n) is 5.25. The monoisotopic (exact) mass is 223 g/mol. The van der Waals surface area contributed by atoms with Gasteiger partial charge in [-0.1, -0.05) is 12.8 Å². The van der Waals surface area contributed by atoms with Crippen LogP contribution in [0.5, 0.6) is 0 Å². The second-order valence-corrected chi connectivity index (χ2v) is 4.14. The first-order valence-corrected chi connectivity index (χ1v) is 5.25. The van der Waals surface area contributed by atoms with Crippen molar-refractivity contribution in [3.8, 4) is 0 Å². The third kappa shape index (κ3) is 4.20. The van der Waals surface area contributed by atoms with Crippen LogP contribution < -0.4 is 5.73 Å². The third-order valence-corrected chi connectivity index (χ3v) is 2.89. The molecule has 5 heteroatoms. The summed E-state index contributed by atoms with van der Waals surface area (Å²) in [6.07, 6.45) is -2.40. The highest BCUT2D eigenvalue weighted by Gasteiger charge is 2.32. The first kappa shape index (κ1) is 12.5. The molecule has 0 heterocycles. The summed E-state index contributed by atoms with van der Waals surface area (Å²) < 4.78 is 35.7. The summed E-state index contributed by atoms with van der Waals surface area (Å²) in [6.45, 7) is 0. The zero-order valence-corrected chi connectivity index (χ0v) is 8.52. The van der Waals surface area contributed by atoms with Crippen molar-refractivity contribution in [2.24, 2.45) is 11.7 Å². The van der Waals surface area contributed by atoms with Gasteiger partial charge in [-0.05, 0) is 12.8 Å². The van der Waals surface area contributed by atoms with E-state index in [0.29, 0.717) is 6.42 Å². The highest BCUT2D eigenvalue weighted by atomic mass is 19.4. The van der Waals surface area contributed by atoms with Gasteiger partial charge in [-0.25, -0.2) is 0 Å². The average Bonchev–Trinajstić information content (AvgIpc) is 2.14. The number of carbonyl (C=O) groups excluding carboxylic acids is 1. The molecule has 0 aliphatic heterocycles. The van der Waals surface area contributed by atoms with Crippen LogP contribution in [0.25, 0.3) is 0 Å². The molecule has 0 radical (unpaired) electrons. The van der Waals surface area contributed by atoms with E-state index in [1.54, 1.807) is 0 Å². The maximum Gasteiger partial charge on any atom is 0.389 e. The summed E-state index contributed by atoms with van der Waals surface area (Å²) in [5, 5.41) is 0. The summed E-state index contributed by atoms with van der Waals surface area (Å²) in [6, 6.07) is -0.237. The van der Waals surface area contributed by atoms with Crippen LogP contribution >= 0.6 is 0 Å². The first-order chi connectivity index (χ1) is 6.90. The van der Waals surface area contributed by atoms with Crippen LogP contribution in [0.1, 0.15) is 38.5 Å². The van der Waals surface area contributed by atoms with E-state index in [2.05, 4.69) is 0 Å². The Morgan fingerprint density at radius 3 is 2.40 bits per heavy atom. The molecule has 0 aromatic heterocycles. The van der Waals surface area contributed by atoms with Crippen LogP contribution in [0.15, 0.2) is 0 Å². The fourth-order valence-electron chi connectivity index (χ4n) is 2.01. The number of Topliss-reactive ketones (excluding diaryl/α,β-unsaturated/α-hetero) is 1. The molecule has 88 valence electrons. The van der Waals surface area contributed by atoms with Gasteiger partial charge >= 0.3 is 6.18 Å². The van der Waals surface area contributed by atoms with Gasteiger partial charge in [0, 0.05) is 18.4 Å². The zero-order chi connectivity index (χ0) is 11.5. The van der Waals surface area contributed by atoms with Crippen LogP contribution in [0.4, 0.5) is 13.2 Å². The molecule has 1 saturated carbocycles. The maximum absolute atomic E-state index is 11.9. The molecule has 1 aliphatic carbocycles. The number of ketones is 1. The van der Waals surface area contributed by atoms with Gasteiger partial charge in [-0.2, -0.15) is 13.2 Å². The van der Waals surface area contributed by atoms with Crippen molar-refractivity contribution in [1.82, 2.24) is 0 Å². The van der Waals surface area contributed by atoms with Crippen LogP contribution in [-0.2, 0) is 4.79 Å². The van der Waals surface area contributed by atoms with E-state index in [0.717, 1.165) is 19.3 Å². The lowest BCUT2D eigenvalue weighted by molar-refractivity contribution is -0.145. The molecule has 0 bridgehead atoms. The predicted molar refractivity (Wildman–Crippen MR) is 50.2 cm³/mol. The molecule has 2 N–H and O–H groups in total. The SMILES string of the molecule is NC1CCCCC1C(=O)CCC(F)(F)F. The van der Waals surface area contributed by atoms with Gasteiger partial charge in [0.25, 0.3) is 0 Å². The second kappa shape index (κ2) is 4.96. The standard InChI is InChI=1S/C10H16F3NO/c11-10(12,13)6-5-9(15)7-3-1-2-4-8(7)14/h7-8H,1-6,14H2. The van der Waals surface area contributed by atoms with Gasteiger partial charge in [-0.15, -0.1) is 0 Å². The summed E-state index contributed by atoms with van der Waals surface area (Å²) in [5.74, 6) is -0.666. The highest BCUT2D eigenvalue weighted by Crippen LogP contribution is 2.28. The maximum atomic E-state index is 11.9. The molecule has 2 nitrogen and oxygen atoms in total. The number of rotatable bonds is 3. The van der Waals surface area contributed by atoms with E-state index >= 15 is 0 Å².